The van der Waals surface area contributed by atoms with E-state index in [0.717, 1.165) is 17.7 Å². The Morgan fingerprint density at radius 2 is 1.96 bits per heavy atom. The van der Waals surface area contributed by atoms with Crippen LogP contribution in [0.4, 0.5) is 10.1 Å². The molecule has 0 spiro atoms. The predicted molar refractivity (Wildman–Crippen MR) is 101 cm³/mol. The summed E-state index contributed by atoms with van der Waals surface area (Å²) in [7, 11) is 1.64. The Hall–Kier alpha value is -2.60. The second kappa shape index (κ2) is 7.56. The summed E-state index contributed by atoms with van der Waals surface area (Å²) in [6.45, 7) is 3.60. The number of amides is 1. The lowest BCUT2D eigenvalue weighted by atomic mass is 9.98. The molecule has 0 aliphatic carbocycles. The van der Waals surface area contributed by atoms with Crippen molar-refractivity contribution >= 4 is 11.6 Å². The minimum Gasteiger partial charge on any atom is -0.496 e. The highest BCUT2D eigenvalue weighted by Gasteiger charge is 2.25. The van der Waals surface area contributed by atoms with Gasteiger partial charge < -0.3 is 19.3 Å². The average Bonchev–Trinajstić information content (AvgIpc) is 2.73. The van der Waals surface area contributed by atoms with Crippen LogP contribution in [-0.4, -0.2) is 50.8 Å². The predicted octanol–water partition coefficient (Wildman–Crippen LogP) is 2.87. The van der Waals surface area contributed by atoms with E-state index in [0.29, 0.717) is 50.6 Å². The van der Waals surface area contributed by atoms with Crippen LogP contribution in [0.3, 0.4) is 0 Å². The summed E-state index contributed by atoms with van der Waals surface area (Å²) in [5, 5.41) is 0. The maximum absolute atomic E-state index is 14.6. The third kappa shape index (κ3) is 3.49. The fraction of sp³-hybridized carbons (Fsp3) is 0.381. The molecule has 0 bridgehead atoms. The Morgan fingerprint density at radius 3 is 2.70 bits per heavy atom. The topological polar surface area (TPSA) is 42.0 Å². The first-order chi connectivity index (χ1) is 13.2. The number of morpholine rings is 1. The van der Waals surface area contributed by atoms with E-state index < -0.39 is 0 Å². The Kier molecular flexibility index (Phi) is 4.99. The van der Waals surface area contributed by atoms with Crippen molar-refractivity contribution < 1.29 is 18.7 Å². The van der Waals surface area contributed by atoms with Crippen molar-refractivity contribution in [3.8, 4) is 5.75 Å². The second-order valence-electron chi connectivity index (χ2n) is 6.84. The molecule has 2 aliphatic rings. The fourth-order valence-electron chi connectivity index (χ4n) is 3.80. The van der Waals surface area contributed by atoms with Crippen LogP contribution < -0.4 is 9.64 Å². The molecule has 142 valence electrons. The molecule has 0 radical (unpaired) electrons. The Bertz CT molecular complexity index is 835. The molecule has 0 N–H and O–H groups in total. The van der Waals surface area contributed by atoms with Crippen LogP contribution in [0.2, 0.25) is 0 Å². The SMILES string of the molecule is COc1cccc2c1CN(C(=O)c1ccc(N3CCOCC3)c(F)c1)CC2. The quantitative estimate of drug-likeness (QED) is 0.833. The van der Waals surface area contributed by atoms with Gasteiger partial charge in [0, 0.05) is 37.3 Å². The minimum atomic E-state index is -0.363. The van der Waals surface area contributed by atoms with E-state index in [9.17, 15) is 9.18 Å². The van der Waals surface area contributed by atoms with Gasteiger partial charge in [0.1, 0.15) is 11.6 Å². The number of anilines is 1. The molecule has 0 unspecified atom stereocenters. The van der Waals surface area contributed by atoms with Gasteiger partial charge in [-0.25, -0.2) is 4.39 Å². The molecule has 1 saturated heterocycles. The number of carbonyl (C=O) groups is 1. The molecule has 1 amide bonds. The van der Waals surface area contributed by atoms with E-state index >= 15 is 0 Å². The van der Waals surface area contributed by atoms with Crippen molar-refractivity contribution in [2.45, 2.75) is 13.0 Å². The Morgan fingerprint density at radius 1 is 1.15 bits per heavy atom. The third-order valence-electron chi connectivity index (χ3n) is 5.28. The van der Waals surface area contributed by atoms with Gasteiger partial charge in [-0.05, 0) is 36.2 Å². The number of methoxy groups -OCH3 is 1. The highest BCUT2D eigenvalue weighted by molar-refractivity contribution is 5.94. The summed E-state index contributed by atoms with van der Waals surface area (Å²) < 4.78 is 25.4. The zero-order valence-corrected chi connectivity index (χ0v) is 15.4. The van der Waals surface area contributed by atoms with Gasteiger partial charge in [0.2, 0.25) is 0 Å². The molecule has 2 aromatic carbocycles. The van der Waals surface area contributed by atoms with E-state index in [-0.39, 0.29) is 11.7 Å². The first-order valence-electron chi connectivity index (χ1n) is 9.23. The summed E-state index contributed by atoms with van der Waals surface area (Å²) in [4.78, 5) is 16.6. The van der Waals surface area contributed by atoms with Crippen molar-refractivity contribution in [2.24, 2.45) is 0 Å². The highest BCUT2D eigenvalue weighted by Crippen LogP contribution is 2.29. The number of hydrogen-bond acceptors (Lipinski definition) is 4. The zero-order valence-electron chi connectivity index (χ0n) is 15.4. The molecule has 0 aromatic heterocycles. The average molecular weight is 370 g/mol. The Balaban J connectivity index is 1.54. The Labute approximate surface area is 158 Å². The molecule has 2 aromatic rings. The lowest BCUT2D eigenvalue weighted by molar-refractivity contribution is 0.0732. The van der Waals surface area contributed by atoms with E-state index in [1.165, 1.54) is 11.6 Å². The van der Waals surface area contributed by atoms with Gasteiger partial charge in [0.15, 0.2) is 0 Å². The lowest BCUT2D eigenvalue weighted by Crippen LogP contribution is -2.37. The van der Waals surface area contributed by atoms with Crippen LogP contribution in [0, 0.1) is 5.82 Å². The molecule has 2 heterocycles. The maximum Gasteiger partial charge on any atom is 0.254 e. The molecular weight excluding hydrogens is 347 g/mol. The number of benzene rings is 2. The van der Waals surface area contributed by atoms with Crippen LogP contribution in [0.5, 0.6) is 5.75 Å². The standard InChI is InChI=1S/C21H23FN2O3/c1-26-20-4-2-3-15-7-8-24(14-17(15)20)21(25)16-5-6-19(18(22)13-16)23-9-11-27-12-10-23/h2-6,13H,7-12,14H2,1H3. The lowest BCUT2D eigenvalue weighted by Gasteiger charge is -2.31. The number of halogens is 1. The maximum atomic E-state index is 14.6. The largest absolute Gasteiger partial charge is 0.496 e. The normalized spacial score (nSPS) is 16.8. The summed E-state index contributed by atoms with van der Waals surface area (Å²) >= 11 is 0. The van der Waals surface area contributed by atoms with Gasteiger partial charge in [0.25, 0.3) is 5.91 Å². The molecule has 6 heteroatoms. The summed E-state index contributed by atoms with van der Waals surface area (Å²) in [6.07, 6.45) is 0.770. The molecule has 2 aliphatic heterocycles. The van der Waals surface area contributed by atoms with Crippen molar-refractivity contribution in [1.82, 2.24) is 4.90 Å². The number of carbonyl (C=O) groups excluding carboxylic acids is 1. The van der Waals surface area contributed by atoms with Crippen molar-refractivity contribution in [2.75, 3.05) is 44.9 Å². The van der Waals surface area contributed by atoms with Gasteiger partial charge >= 0.3 is 0 Å². The van der Waals surface area contributed by atoms with E-state index in [4.69, 9.17) is 9.47 Å². The smallest absolute Gasteiger partial charge is 0.254 e. The van der Waals surface area contributed by atoms with Crippen LogP contribution in [-0.2, 0) is 17.7 Å². The van der Waals surface area contributed by atoms with Gasteiger partial charge in [-0.15, -0.1) is 0 Å². The molecule has 0 atom stereocenters. The molecule has 27 heavy (non-hydrogen) atoms. The number of hydrogen-bond donors (Lipinski definition) is 0. The first kappa shape index (κ1) is 17.8. The summed E-state index contributed by atoms with van der Waals surface area (Å²) in [5.41, 5.74) is 3.14. The van der Waals surface area contributed by atoms with Crippen LogP contribution >= 0.6 is 0 Å². The highest BCUT2D eigenvalue weighted by atomic mass is 19.1. The monoisotopic (exact) mass is 370 g/mol. The number of nitrogens with zero attached hydrogens (tertiary/aromatic N) is 2. The minimum absolute atomic E-state index is 0.154. The van der Waals surface area contributed by atoms with Crippen molar-refractivity contribution in [3.63, 3.8) is 0 Å². The van der Waals surface area contributed by atoms with Crippen LogP contribution in [0.15, 0.2) is 36.4 Å². The van der Waals surface area contributed by atoms with Crippen molar-refractivity contribution in [3.05, 3.63) is 58.9 Å². The molecule has 5 nitrogen and oxygen atoms in total. The van der Waals surface area contributed by atoms with Gasteiger partial charge in [-0.2, -0.15) is 0 Å². The van der Waals surface area contributed by atoms with Crippen molar-refractivity contribution in [1.29, 1.82) is 0 Å². The molecule has 1 fully saturated rings. The van der Waals surface area contributed by atoms with Crippen LogP contribution in [0.1, 0.15) is 21.5 Å². The zero-order chi connectivity index (χ0) is 18.8. The second-order valence-corrected chi connectivity index (χ2v) is 6.84. The molecule has 0 saturated carbocycles. The molecule has 4 rings (SSSR count). The molecular formula is C21H23FN2O3. The fourth-order valence-corrected chi connectivity index (χ4v) is 3.80. The summed E-state index contributed by atoms with van der Waals surface area (Å²) in [6, 6.07) is 10.7. The van der Waals surface area contributed by atoms with Crippen LogP contribution in [0.25, 0.3) is 0 Å². The van der Waals surface area contributed by atoms with Gasteiger partial charge in [0.05, 0.1) is 26.0 Å². The van der Waals surface area contributed by atoms with Gasteiger partial charge in [-0.1, -0.05) is 12.1 Å². The first-order valence-corrected chi connectivity index (χ1v) is 9.23. The van der Waals surface area contributed by atoms with Gasteiger partial charge in [-0.3, -0.25) is 4.79 Å². The third-order valence-corrected chi connectivity index (χ3v) is 5.28. The summed E-state index contributed by atoms with van der Waals surface area (Å²) in [5.74, 6) is 0.274. The van der Waals surface area contributed by atoms with E-state index in [1.807, 2.05) is 17.0 Å². The number of fused-ring (bicyclic) bond motifs is 1. The number of ether oxygens (including phenoxy) is 2. The van der Waals surface area contributed by atoms with E-state index in [1.54, 1.807) is 24.1 Å². The number of rotatable bonds is 3. The van der Waals surface area contributed by atoms with E-state index in [2.05, 4.69) is 6.07 Å².